The van der Waals surface area contributed by atoms with Gasteiger partial charge in [0.05, 0.1) is 18.1 Å². The number of carbonyl (C=O) groups is 2. The summed E-state index contributed by atoms with van der Waals surface area (Å²) in [6.07, 6.45) is 0. The van der Waals surface area contributed by atoms with Gasteiger partial charge >= 0.3 is 11.9 Å². The Morgan fingerprint density at radius 3 is 2.56 bits per heavy atom. The summed E-state index contributed by atoms with van der Waals surface area (Å²) < 4.78 is 15.1. The summed E-state index contributed by atoms with van der Waals surface area (Å²) in [5.41, 5.74) is 0.752. The van der Waals surface area contributed by atoms with Crippen LogP contribution in [-0.2, 0) is 9.53 Å². The zero-order valence-electron chi connectivity index (χ0n) is 10.3. The molecular weight excluding hydrogens is 236 g/mol. The first-order valence-corrected chi connectivity index (χ1v) is 5.32. The van der Waals surface area contributed by atoms with Crippen molar-refractivity contribution in [2.24, 2.45) is 0 Å². The lowest BCUT2D eigenvalue weighted by Gasteiger charge is -2.05. The number of ether oxygens (including phenoxy) is 2. The Hall–Kier alpha value is -2.30. The molecule has 1 aromatic heterocycles. The molecule has 0 aliphatic carbocycles. The third-order valence-electron chi connectivity index (χ3n) is 2.40. The molecule has 94 valence electrons. The van der Waals surface area contributed by atoms with Gasteiger partial charge in [0.15, 0.2) is 0 Å². The van der Waals surface area contributed by atoms with Gasteiger partial charge in [0.1, 0.15) is 17.1 Å². The number of esters is 2. The van der Waals surface area contributed by atoms with Crippen molar-refractivity contribution in [2.75, 3.05) is 7.11 Å². The van der Waals surface area contributed by atoms with Crippen LogP contribution in [0.15, 0.2) is 22.6 Å². The molecule has 18 heavy (non-hydrogen) atoms. The van der Waals surface area contributed by atoms with Gasteiger partial charge in [0, 0.05) is 6.92 Å². The quantitative estimate of drug-likeness (QED) is 0.603. The molecule has 1 heterocycles. The van der Waals surface area contributed by atoms with Gasteiger partial charge in [-0.3, -0.25) is 4.79 Å². The average Bonchev–Trinajstić information content (AvgIpc) is 2.68. The molecule has 0 bridgehead atoms. The predicted molar refractivity (Wildman–Crippen MR) is 63.6 cm³/mol. The maximum absolute atomic E-state index is 11.5. The zero-order valence-corrected chi connectivity index (χ0v) is 10.3. The Morgan fingerprint density at radius 1 is 1.22 bits per heavy atom. The highest BCUT2D eigenvalue weighted by atomic mass is 16.5. The van der Waals surface area contributed by atoms with E-state index in [1.807, 2.05) is 0 Å². The molecule has 0 saturated heterocycles. The number of hydrogen-bond acceptors (Lipinski definition) is 5. The predicted octanol–water partition coefficient (Wildman–Crippen LogP) is 2.45. The molecule has 0 aliphatic heterocycles. The van der Waals surface area contributed by atoms with E-state index in [0.717, 1.165) is 0 Å². The van der Waals surface area contributed by atoms with Gasteiger partial charge in [-0.05, 0) is 25.1 Å². The minimum Gasteiger partial charge on any atom is -0.465 e. The van der Waals surface area contributed by atoms with E-state index in [9.17, 15) is 9.59 Å². The van der Waals surface area contributed by atoms with Gasteiger partial charge in [0.25, 0.3) is 0 Å². The Kier molecular flexibility index (Phi) is 3.06. The monoisotopic (exact) mass is 248 g/mol. The standard InChI is InChI=1S/C13H12O5/c1-7-4-10-11(17-7)5-9(13(15)16-3)6-12(10)18-8(2)14/h4-6H,1-3H3. The number of rotatable bonds is 2. The third-order valence-corrected chi connectivity index (χ3v) is 2.40. The Bertz CT molecular complexity index is 624. The fourth-order valence-electron chi connectivity index (χ4n) is 1.71. The topological polar surface area (TPSA) is 65.7 Å². The van der Waals surface area contributed by atoms with Crippen LogP contribution < -0.4 is 4.74 Å². The average molecular weight is 248 g/mol. The number of methoxy groups -OCH3 is 1. The number of furan rings is 1. The van der Waals surface area contributed by atoms with Crippen molar-refractivity contribution in [1.82, 2.24) is 0 Å². The molecule has 2 aromatic rings. The molecular formula is C13H12O5. The summed E-state index contributed by atoms with van der Waals surface area (Å²) in [6.45, 7) is 3.07. The van der Waals surface area contributed by atoms with Crippen LogP contribution in [0.4, 0.5) is 0 Å². The van der Waals surface area contributed by atoms with E-state index in [2.05, 4.69) is 4.74 Å². The highest BCUT2D eigenvalue weighted by Crippen LogP contribution is 2.30. The molecule has 1 aromatic carbocycles. The van der Waals surface area contributed by atoms with E-state index >= 15 is 0 Å². The van der Waals surface area contributed by atoms with E-state index in [0.29, 0.717) is 16.7 Å². The molecule has 5 nitrogen and oxygen atoms in total. The minimum absolute atomic E-state index is 0.274. The Balaban J connectivity index is 2.63. The summed E-state index contributed by atoms with van der Waals surface area (Å²) in [6, 6.07) is 4.76. The van der Waals surface area contributed by atoms with Crippen LogP contribution in [0, 0.1) is 6.92 Å². The van der Waals surface area contributed by atoms with E-state index in [4.69, 9.17) is 9.15 Å². The second kappa shape index (κ2) is 4.52. The van der Waals surface area contributed by atoms with Crippen LogP contribution >= 0.6 is 0 Å². The summed E-state index contributed by atoms with van der Waals surface area (Å²) >= 11 is 0. The molecule has 0 aliphatic rings. The maximum Gasteiger partial charge on any atom is 0.338 e. The van der Waals surface area contributed by atoms with Gasteiger partial charge in [-0.2, -0.15) is 0 Å². The largest absolute Gasteiger partial charge is 0.465 e. The van der Waals surface area contributed by atoms with Gasteiger partial charge in [-0.15, -0.1) is 0 Å². The number of hydrogen-bond donors (Lipinski definition) is 0. The number of aryl methyl sites for hydroxylation is 1. The molecule has 0 N–H and O–H groups in total. The van der Waals surface area contributed by atoms with Gasteiger partial charge in [-0.25, -0.2) is 4.79 Å². The fraction of sp³-hybridized carbons (Fsp3) is 0.231. The van der Waals surface area contributed by atoms with Crippen LogP contribution in [0.5, 0.6) is 5.75 Å². The molecule has 2 rings (SSSR count). The van der Waals surface area contributed by atoms with Crippen LogP contribution in [0.2, 0.25) is 0 Å². The number of benzene rings is 1. The molecule has 0 unspecified atom stereocenters. The van der Waals surface area contributed by atoms with Crippen LogP contribution in [0.1, 0.15) is 23.0 Å². The van der Waals surface area contributed by atoms with Crippen LogP contribution in [0.25, 0.3) is 11.0 Å². The molecule has 0 saturated carbocycles. The minimum atomic E-state index is -0.514. The zero-order chi connectivity index (χ0) is 13.3. The van der Waals surface area contributed by atoms with E-state index < -0.39 is 11.9 Å². The van der Waals surface area contributed by atoms with Crippen molar-refractivity contribution in [2.45, 2.75) is 13.8 Å². The van der Waals surface area contributed by atoms with Gasteiger partial charge < -0.3 is 13.9 Å². The lowest BCUT2D eigenvalue weighted by molar-refractivity contribution is -0.131. The summed E-state index contributed by atoms with van der Waals surface area (Å²) in [7, 11) is 1.28. The number of carbonyl (C=O) groups excluding carboxylic acids is 2. The lowest BCUT2D eigenvalue weighted by Crippen LogP contribution is -2.05. The molecule has 0 fully saturated rings. The van der Waals surface area contributed by atoms with Gasteiger partial charge in [-0.1, -0.05) is 0 Å². The normalized spacial score (nSPS) is 10.4. The summed E-state index contributed by atoms with van der Waals surface area (Å²) in [5, 5.41) is 0.648. The van der Waals surface area contributed by atoms with Crippen molar-refractivity contribution >= 4 is 22.9 Å². The second-order valence-electron chi connectivity index (χ2n) is 3.83. The first kappa shape index (κ1) is 12.2. The molecule has 0 atom stereocenters. The fourth-order valence-corrected chi connectivity index (χ4v) is 1.71. The Morgan fingerprint density at radius 2 is 1.94 bits per heavy atom. The van der Waals surface area contributed by atoms with Crippen molar-refractivity contribution in [1.29, 1.82) is 0 Å². The lowest BCUT2D eigenvalue weighted by atomic mass is 10.1. The molecule has 0 spiro atoms. The van der Waals surface area contributed by atoms with E-state index in [1.54, 1.807) is 19.1 Å². The van der Waals surface area contributed by atoms with Crippen LogP contribution in [-0.4, -0.2) is 19.0 Å². The van der Waals surface area contributed by atoms with Crippen molar-refractivity contribution in [3.63, 3.8) is 0 Å². The van der Waals surface area contributed by atoms with Crippen molar-refractivity contribution < 1.29 is 23.5 Å². The summed E-state index contributed by atoms with van der Waals surface area (Å²) in [5.74, 6) is -0.0193. The molecule has 5 heteroatoms. The summed E-state index contributed by atoms with van der Waals surface area (Å²) in [4.78, 5) is 22.5. The molecule has 0 amide bonds. The SMILES string of the molecule is COC(=O)c1cc(OC(C)=O)c2cc(C)oc2c1. The van der Waals surface area contributed by atoms with Gasteiger partial charge in [0.2, 0.25) is 0 Å². The number of fused-ring (bicyclic) bond motifs is 1. The van der Waals surface area contributed by atoms with Crippen LogP contribution in [0.3, 0.4) is 0 Å². The van der Waals surface area contributed by atoms with E-state index in [-0.39, 0.29) is 11.3 Å². The van der Waals surface area contributed by atoms with Crippen molar-refractivity contribution in [3.8, 4) is 5.75 Å². The maximum atomic E-state index is 11.5. The highest BCUT2D eigenvalue weighted by molar-refractivity contribution is 5.97. The highest BCUT2D eigenvalue weighted by Gasteiger charge is 2.15. The smallest absolute Gasteiger partial charge is 0.338 e. The first-order valence-electron chi connectivity index (χ1n) is 5.32. The second-order valence-corrected chi connectivity index (χ2v) is 3.83. The van der Waals surface area contributed by atoms with Crippen molar-refractivity contribution in [3.05, 3.63) is 29.5 Å². The third kappa shape index (κ3) is 2.20. The molecule has 0 radical (unpaired) electrons. The van der Waals surface area contributed by atoms with E-state index in [1.165, 1.54) is 20.1 Å². The first-order chi connectivity index (χ1) is 8.51. The Labute approximate surface area is 103 Å².